The highest BCUT2D eigenvalue weighted by Crippen LogP contribution is 2.32. The first-order valence-corrected chi connectivity index (χ1v) is 9.96. The van der Waals surface area contributed by atoms with Crippen LogP contribution in [0.3, 0.4) is 0 Å². The monoisotopic (exact) mass is 481 g/mol. The van der Waals surface area contributed by atoms with Crippen molar-refractivity contribution in [2.45, 2.75) is 6.92 Å². The van der Waals surface area contributed by atoms with Crippen LogP contribution in [-0.4, -0.2) is 22.9 Å². The number of nitrogens with one attached hydrogen (secondary N) is 1. The van der Waals surface area contributed by atoms with Gasteiger partial charge < -0.3 is 14.5 Å². The second kappa shape index (κ2) is 8.19. The summed E-state index contributed by atoms with van der Waals surface area (Å²) in [6, 6.07) is 14.9. The molecule has 156 valence electrons. The zero-order valence-corrected chi connectivity index (χ0v) is 18.1. The van der Waals surface area contributed by atoms with Gasteiger partial charge in [-0.1, -0.05) is 0 Å². The molecule has 1 heterocycles. The first-order valence-electron chi connectivity index (χ1n) is 9.16. The van der Waals surface area contributed by atoms with Crippen molar-refractivity contribution in [1.82, 2.24) is 4.98 Å². The molecule has 31 heavy (non-hydrogen) atoms. The smallest absolute Gasteiger partial charge is 0.272 e. The summed E-state index contributed by atoms with van der Waals surface area (Å²) in [5, 5.41) is 13.7. The maximum atomic E-state index is 12.6. The zero-order valence-electron chi connectivity index (χ0n) is 16.5. The molecule has 0 unspecified atom stereocenters. The fourth-order valence-corrected chi connectivity index (χ4v) is 3.67. The second-order valence-electron chi connectivity index (χ2n) is 6.76. The molecule has 0 aliphatic carbocycles. The van der Waals surface area contributed by atoms with Gasteiger partial charge in [-0.15, -0.1) is 0 Å². The molecule has 8 nitrogen and oxygen atoms in total. The quantitative estimate of drug-likeness (QED) is 0.287. The second-order valence-corrected chi connectivity index (χ2v) is 7.62. The van der Waals surface area contributed by atoms with Gasteiger partial charge in [0, 0.05) is 28.4 Å². The molecule has 3 aromatic carbocycles. The number of hydrogen-bond donors (Lipinski definition) is 1. The normalized spacial score (nSPS) is 10.8. The van der Waals surface area contributed by atoms with E-state index in [0.717, 1.165) is 10.0 Å². The van der Waals surface area contributed by atoms with Crippen molar-refractivity contribution in [3.05, 3.63) is 80.3 Å². The molecule has 0 radical (unpaired) electrons. The van der Waals surface area contributed by atoms with Crippen LogP contribution in [0.15, 0.2) is 63.5 Å². The summed E-state index contributed by atoms with van der Waals surface area (Å²) in [6.45, 7) is 1.59. The summed E-state index contributed by atoms with van der Waals surface area (Å²) in [5.41, 5.74) is 3.18. The third-order valence-corrected chi connectivity index (χ3v) is 5.32. The standard InChI is InChI=1S/C22H16BrN3O5/c1-12-9-13(3-6-18(12)26(28)29)21(27)24-15-5-8-20-17(11-15)25-22(31-20)14-4-7-19(30-2)16(23)10-14/h3-11H,1-2H3,(H,24,27). The first-order chi connectivity index (χ1) is 14.9. The number of methoxy groups -OCH3 is 1. The van der Waals surface area contributed by atoms with Crippen LogP contribution >= 0.6 is 15.9 Å². The first kappa shape index (κ1) is 20.5. The van der Waals surface area contributed by atoms with Gasteiger partial charge in [0.15, 0.2) is 5.58 Å². The van der Waals surface area contributed by atoms with Crippen LogP contribution in [-0.2, 0) is 0 Å². The Morgan fingerprint density at radius 2 is 1.97 bits per heavy atom. The number of halogens is 1. The molecule has 1 N–H and O–H groups in total. The maximum absolute atomic E-state index is 12.6. The van der Waals surface area contributed by atoms with Crippen molar-refractivity contribution in [3.63, 3.8) is 0 Å². The van der Waals surface area contributed by atoms with E-state index in [-0.39, 0.29) is 11.6 Å². The number of hydrogen-bond acceptors (Lipinski definition) is 6. The third kappa shape index (κ3) is 4.13. The summed E-state index contributed by atoms with van der Waals surface area (Å²) < 4.78 is 11.8. The molecule has 0 spiro atoms. The molecule has 1 amide bonds. The van der Waals surface area contributed by atoms with E-state index in [2.05, 4.69) is 26.2 Å². The van der Waals surface area contributed by atoms with Crippen molar-refractivity contribution in [2.24, 2.45) is 0 Å². The Morgan fingerprint density at radius 1 is 1.16 bits per heavy atom. The fourth-order valence-electron chi connectivity index (χ4n) is 3.13. The average molecular weight is 482 g/mol. The number of oxazole rings is 1. The lowest BCUT2D eigenvalue weighted by Gasteiger charge is -2.06. The van der Waals surface area contributed by atoms with E-state index in [9.17, 15) is 14.9 Å². The van der Waals surface area contributed by atoms with Crippen LogP contribution in [0, 0.1) is 17.0 Å². The van der Waals surface area contributed by atoms with Crippen molar-refractivity contribution < 1.29 is 18.9 Å². The van der Waals surface area contributed by atoms with Gasteiger partial charge in [0.05, 0.1) is 16.5 Å². The van der Waals surface area contributed by atoms with Gasteiger partial charge in [-0.25, -0.2) is 4.98 Å². The minimum absolute atomic E-state index is 0.0294. The number of nitrogens with zero attached hydrogens (tertiary/aromatic N) is 2. The van der Waals surface area contributed by atoms with Gasteiger partial charge in [-0.05, 0) is 71.4 Å². The summed E-state index contributed by atoms with van der Waals surface area (Å²) in [4.78, 5) is 27.6. The molecule has 0 fully saturated rings. The van der Waals surface area contributed by atoms with Gasteiger partial charge in [0.2, 0.25) is 5.89 Å². The number of nitro benzene ring substituents is 1. The number of nitro groups is 1. The van der Waals surface area contributed by atoms with Crippen LogP contribution in [0.1, 0.15) is 15.9 Å². The molecule has 9 heteroatoms. The number of carbonyl (C=O) groups excluding carboxylic acids is 1. The third-order valence-electron chi connectivity index (χ3n) is 4.70. The predicted molar refractivity (Wildman–Crippen MR) is 119 cm³/mol. The lowest BCUT2D eigenvalue weighted by molar-refractivity contribution is -0.385. The van der Waals surface area contributed by atoms with E-state index < -0.39 is 4.92 Å². The molecular formula is C22H16BrN3O5. The number of aromatic nitrogens is 1. The van der Waals surface area contributed by atoms with E-state index in [1.165, 1.54) is 18.2 Å². The Balaban J connectivity index is 1.58. The Labute approximate surface area is 185 Å². The Bertz CT molecular complexity index is 1330. The molecule has 4 aromatic rings. The fraction of sp³-hybridized carbons (Fsp3) is 0.0909. The topological polar surface area (TPSA) is 108 Å². The molecule has 0 atom stereocenters. The number of carbonyl (C=O) groups is 1. The van der Waals surface area contributed by atoms with E-state index in [4.69, 9.17) is 9.15 Å². The largest absolute Gasteiger partial charge is 0.496 e. The number of benzene rings is 3. The van der Waals surface area contributed by atoms with Crippen LogP contribution < -0.4 is 10.1 Å². The van der Waals surface area contributed by atoms with E-state index >= 15 is 0 Å². The van der Waals surface area contributed by atoms with Gasteiger partial charge in [0.25, 0.3) is 11.6 Å². The van der Waals surface area contributed by atoms with Crippen LogP contribution in [0.2, 0.25) is 0 Å². The Morgan fingerprint density at radius 3 is 2.65 bits per heavy atom. The number of ether oxygens (including phenoxy) is 1. The van der Waals surface area contributed by atoms with Crippen LogP contribution in [0.25, 0.3) is 22.6 Å². The summed E-state index contributed by atoms with van der Waals surface area (Å²) in [5.74, 6) is 0.763. The van der Waals surface area contributed by atoms with Crippen LogP contribution in [0.5, 0.6) is 5.75 Å². The Hall–Kier alpha value is -3.72. The van der Waals surface area contributed by atoms with Gasteiger partial charge >= 0.3 is 0 Å². The highest BCUT2D eigenvalue weighted by atomic mass is 79.9. The molecule has 0 saturated carbocycles. The molecule has 0 aliphatic rings. The summed E-state index contributed by atoms with van der Waals surface area (Å²) in [6.07, 6.45) is 0. The molecule has 0 bridgehead atoms. The summed E-state index contributed by atoms with van der Waals surface area (Å²) in [7, 11) is 1.59. The van der Waals surface area contributed by atoms with Crippen LogP contribution in [0.4, 0.5) is 11.4 Å². The lowest BCUT2D eigenvalue weighted by atomic mass is 10.1. The van der Waals surface area contributed by atoms with Crippen molar-refractivity contribution in [1.29, 1.82) is 0 Å². The molecule has 0 aliphatic heterocycles. The Kier molecular flexibility index (Phi) is 5.43. The summed E-state index contributed by atoms with van der Waals surface area (Å²) >= 11 is 3.45. The number of aryl methyl sites for hydroxylation is 1. The van der Waals surface area contributed by atoms with Gasteiger partial charge in [-0.3, -0.25) is 14.9 Å². The molecule has 4 rings (SSSR count). The highest BCUT2D eigenvalue weighted by molar-refractivity contribution is 9.10. The minimum Gasteiger partial charge on any atom is -0.496 e. The number of rotatable bonds is 5. The van der Waals surface area contributed by atoms with E-state index in [0.29, 0.717) is 39.6 Å². The average Bonchev–Trinajstić information content (AvgIpc) is 3.16. The lowest BCUT2D eigenvalue weighted by Crippen LogP contribution is -2.12. The molecule has 0 saturated heterocycles. The van der Waals surface area contributed by atoms with Gasteiger partial charge in [-0.2, -0.15) is 0 Å². The maximum Gasteiger partial charge on any atom is 0.272 e. The predicted octanol–water partition coefficient (Wildman–Crippen LogP) is 5.73. The van der Waals surface area contributed by atoms with Crippen molar-refractivity contribution in [3.8, 4) is 17.2 Å². The van der Waals surface area contributed by atoms with E-state index in [1.807, 2.05) is 18.2 Å². The molecule has 1 aromatic heterocycles. The number of anilines is 1. The van der Waals surface area contributed by atoms with Gasteiger partial charge in [0.1, 0.15) is 11.3 Å². The number of amides is 1. The molecular weight excluding hydrogens is 466 g/mol. The number of fused-ring (bicyclic) bond motifs is 1. The highest BCUT2D eigenvalue weighted by Gasteiger charge is 2.15. The SMILES string of the molecule is COc1ccc(-c2nc3cc(NC(=O)c4ccc([N+](=O)[O-])c(C)c4)ccc3o2)cc1Br. The zero-order chi connectivity index (χ0) is 22.1. The van der Waals surface area contributed by atoms with Crippen molar-refractivity contribution >= 4 is 44.3 Å². The van der Waals surface area contributed by atoms with Crippen molar-refractivity contribution in [2.75, 3.05) is 12.4 Å². The minimum atomic E-state index is -0.478. The van der Waals surface area contributed by atoms with E-state index in [1.54, 1.807) is 32.2 Å².